The molecule has 0 saturated heterocycles. The van der Waals surface area contributed by atoms with Crippen molar-refractivity contribution in [1.29, 1.82) is 0 Å². The second-order valence-electron chi connectivity index (χ2n) is 3.32. The molecule has 0 saturated carbocycles. The Morgan fingerprint density at radius 2 is 2.23 bits per heavy atom. The van der Waals surface area contributed by atoms with Crippen molar-refractivity contribution in [2.75, 3.05) is 0 Å². The number of hydrogen-bond donors (Lipinski definition) is 2. The fourth-order valence-corrected chi connectivity index (χ4v) is 1.59. The minimum atomic E-state index is -1.73. The topological polar surface area (TPSA) is 53.4 Å². The lowest BCUT2D eigenvalue weighted by atomic mass is 9.87. The molecule has 1 aromatic heterocycles. The summed E-state index contributed by atoms with van der Waals surface area (Å²) in [6.45, 7) is 3.84. The van der Waals surface area contributed by atoms with Crippen molar-refractivity contribution in [2.24, 2.45) is 0 Å². The minimum absolute atomic E-state index is 0.296. The first-order chi connectivity index (χ1) is 6.11. The van der Waals surface area contributed by atoms with E-state index in [4.69, 9.17) is 0 Å². The highest BCUT2D eigenvalue weighted by Gasteiger charge is 2.33. The lowest BCUT2D eigenvalue weighted by molar-refractivity contribution is -0.175. The van der Waals surface area contributed by atoms with Crippen LogP contribution in [0.3, 0.4) is 0 Å². The first-order valence-corrected chi connectivity index (χ1v) is 4.20. The molecule has 1 heterocycles. The van der Waals surface area contributed by atoms with Gasteiger partial charge in [-0.1, -0.05) is 6.58 Å². The molecule has 1 aromatic rings. The van der Waals surface area contributed by atoms with Gasteiger partial charge >= 0.3 is 0 Å². The van der Waals surface area contributed by atoms with Crippen molar-refractivity contribution >= 4 is 5.57 Å². The number of aromatic nitrogens is 1. The first-order valence-electron chi connectivity index (χ1n) is 4.20. The predicted octanol–water partition coefficient (Wildman–Crippen LogP) is 1.03. The van der Waals surface area contributed by atoms with E-state index in [1.165, 1.54) is 0 Å². The van der Waals surface area contributed by atoms with Crippen LogP contribution in [0.5, 0.6) is 0 Å². The van der Waals surface area contributed by atoms with Gasteiger partial charge in [0, 0.05) is 18.2 Å². The maximum atomic E-state index is 9.62. The van der Waals surface area contributed by atoms with Gasteiger partial charge in [0.1, 0.15) is 0 Å². The van der Waals surface area contributed by atoms with E-state index in [0.717, 1.165) is 5.57 Å². The van der Waals surface area contributed by atoms with E-state index in [-0.39, 0.29) is 0 Å². The Hall–Kier alpha value is -1.19. The van der Waals surface area contributed by atoms with Gasteiger partial charge in [-0.15, -0.1) is 0 Å². The van der Waals surface area contributed by atoms with Gasteiger partial charge in [0.15, 0.2) is 5.79 Å². The molecule has 0 unspecified atom stereocenters. The molecule has 2 rings (SSSR count). The molecule has 0 aromatic carbocycles. The van der Waals surface area contributed by atoms with Crippen LogP contribution in [0.25, 0.3) is 5.57 Å². The summed E-state index contributed by atoms with van der Waals surface area (Å²) in [5.74, 6) is -1.73. The molecule has 0 atom stereocenters. The molecule has 0 radical (unpaired) electrons. The zero-order chi connectivity index (χ0) is 9.47. The predicted molar refractivity (Wildman–Crippen MR) is 48.6 cm³/mol. The molecule has 0 spiro atoms. The molecule has 1 aliphatic carbocycles. The Balaban J connectivity index is 2.61. The number of pyridine rings is 1. The van der Waals surface area contributed by atoms with Gasteiger partial charge in [0.05, 0.1) is 5.69 Å². The molecule has 0 bridgehead atoms. The van der Waals surface area contributed by atoms with Crippen LogP contribution in [-0.2, 0) is 5.79 Å². The van der Waals surface area contributed by atoms with Crippen molar-refractivity contribution in [2.45, 2.75) is 18.6 Å². The molecule has 13 heavy (non-hydrogen) atoms. The second-order valence-corrected chi connectivity index (χ2v) is 3.32. The Bertz CT molecular complexity index is 358. The lowest BCUT2D eigenvalue weighted by Gasteiger charge is -2.29. The summed E-state index contributed by atoms with van der Waals surface area (Å²) in [4.78, 5) is 4.08. The summed E-state index contributed by atoms with van der Waals surface area (Å²) in [5.41, 5.74) is 1.96. The van der Waals surface area contributed by atoms with Crippen LogP contribution >= 0.6 is 0 Å². The molecular formula is C10H11NO2. The summed E-state index contributed by atoms with van der Waals surface area (Å²) >= 11 is 0. The fourth-order valence-electron chi connectivity index (χ4n) is 1.59. The average Bonchev–Trinajstić information content (AvgIpc) is 2.13. The van der Waals surface area contributed by atoms with E-state index in [1.807, 2.05) is 0 Å². The maximum absolute atomic E-state index is 9.62. The molecule has 1 aliphatic rings. The summed E-state index contributed by atoms with van der Waals surface area (Å²) < 4.78 is 0. The van der Waals surface area contributed by atoms with Gasteiger partial charge in [0.25, 0.3) is 0 Å². The Labute approximate surface area is 76.4 Å². The van der Waals surface area contributed by atoms with Crippen molar-refractivity contribution in [3.63, 3.8) is 0 Å². The number of aliphatic hydroxyl groups is 2. The van der Waals surface area contributed by atoms with Gasteiger partial charge in [-0.3, -0.25) is 4.98 Å². The normalized spacial score (nSPS) is 19.7. The molecule has 3 heteroatoms. The quantitative estimate of drug-likeness (QED) is 0.582. The molecule has 0 amide bonds. The highest BCUT2D eigenvalue weighted by molar-refractivity contribution is 5.65. The third kappa shape index (κ3) is 1.26. The summed E-state index contributed by atoms with van der Waals surface area (Å²) in [5, 5.41) is 19.2. The van der Waals surface area contributed by atoms with Crippen LogP contribution < -0.4 is 0 Å². The van der Waals surface area contributed by atoms with Gasteiger partial charge < -0.3 is 10.2 Å². The fraction of sp³-hybridized carbons (Fsp3) is 0.300. The number of fused-ring (bicyclic) bond motifs is 1. The molecule has 0 fully saturated rings. The van der Waals surface area contributed by atoms with Crippen molar-refractivity contribution in [1.82, 2.24) is 4.98 Å². The summed E-state index contributed by atoms with van der Waals surface area (Å²) in [6, 6.07) is 3.37. The molecule has 68 valence electrons. The largest absolute Gasteiger partial charge is 0.362 e. The van der Waals surface area contributed by atoms with Crippen LogP contribution in [0.1, 0.15) is 24.1 Å². The molecule has 2 N–H and O–H groups in total. The zero-order valence-corrected chi connectivity index (χ0v) is 7.20. The number of rotatable bonds is 0. The van der Waals surface area contributed by atoms with Gasteiger partial charge in [-0.05, 0) is 24.1 Å². The van der Waals surface area contributed by atoms with Crippen molar-refractivity contribution in [3.8, 4) is 0 Å². The monoisotopic (exact) mass is 177 g/mol. The van der Waals surface area contributed by atoms with Crippen LogP contribution in [0.15, 0.2) is 24.9 Å². The van der Waals surface area contributed by atoms with E-state index >= 15 is 0 Å². The number of nitrogens with zero attached hydrogens (tertiary/aromatic N) is 1. The molecule has 0 aliphatic heterocycles. The SMILES string of the molecule is C=C1CCC(O)(O)c2cccnc21. The van der Waals surface area contributed by atoms with Crippen molar-refractivity contribution < 1.29 is 10.2 Å². The van der Waals surface area contributed by atoms with E-state index in [1.54, 1.807) is 18.3 Å². The van der Waals surface area contributed by atoms with Gasteiger partial charge in [-0.25, -0.2) is 0 Å². The first kappa shape index (κ1) is 8.41. The van der Waals surface area contributed by atoms with Gasteiger partial charge in [0.2, 0.25) is 0 Å². The Morgan fingerprint density at radius 3 is 2.92 bits per heavy atom. The number of allylic oxidation sites excluding steroid dienone is 1. The summed E-state index contributed by atoms with van der Waals surface area (Å²) in [7, 11) is 0. The van der Waals surface area contributed by atoms with Crippen LogP contribution in [0, 0.1) is 0 Å². The molecule has 3 nitrogen and oxygen atoms in total. The summed E-state index contributed by atoms with van der Waals surface area (Å²) in [6.07, 6.45) is 2.51. The standard InChI is InChI=1S/C10H11NO2/c1-7-4-5-10(12,13)8-3-2-6-11-9(7)8/h2-3,6,12-13H,1,4-5H2. The van der Waals surface area contributed by atoms with Crippen LogP contribution in [0.2, 0.25) is 0 Å². The van der Waals surface area contributed by atoms with E-state index < -0.39 is 5.79 Å². The lowest BCUT2D eigenvalue weighted by Crippen LogP contribution is -2.29. The van der Waals surface area contributed by atoms with E-state index in [9.17, 15) is 10.2 Å². The van der Waals surface area contributed by atoms with Crippen molar-refractivity contribution in [3.05, 3.63) is 36.2 Å². The van der Waals surface area contributed by atoms with Gasteiger partial charge in [-0.2, -0.15) is 0 Å². The highest BCUT2D eigenvalue weighted by Crippen LogP contribution is 2.36. The van der Waals surface area contributed by atoms with E-state index in [2.05, 4.69) is 11.6 Å². The maximum Gasteiger partial charge on any atom is 0.192 e. The van der Waals surface area contributed by atoms with Crippen LogP contribution in [0.4, 0.5) is 0 Å². The average molecular weight is 177 g/mol. The number of hydrogen-bond acceptors (Lipinski definition) is 3. The highest BCUT2D eigenvalue weighted by atomic mass is 16.5. The smallest absolute Gasteiger partial charge is 0.192 e. The molecular weight excluding hydrogens is 166 g/mol. The second kappa shape index (κ2) is 2.65. The van der Waals surface area contributed by atoms with E-state index in [0.29, 0.717) is 24.1 Å². The third-order valence-corrected chi connectivity index (χ3v) is 2.35. The zero-order valence-electron chi connectivity index (χ0n) is 7.20. The minimum Gasteiger partial charge on any atom is -0.362 e. The van der Waals surface area contributed by atoms with Crippen LogP contribution in [-0.4, -0.2) is 15.2 Å². The Kier molecular flexibility index (Phi) is 1.71. The Morgan fingerprint density at radius 1 is 1.46 bits per heavy atom. The third-order valence-electron chi connectivity index (χ3n) is 2.35.